The van der Waals surface area contributed by atoms with E-state index in [0.29, 0.717) is 31.7 Å². The molecular weight excluding hydrogens is 358 g/mol. The number of nitro benzene ring substituents is 1. The summed E-state index contributed by atoms with van der Waals surface area (Å²) in [6.07, 6.45) is 0.0949. The molecule has 3 rings (SSSR count). The fourth-order valence-corrected chi connectivity index (χ4v) is 3.39. The molecule has 0 unspecified atom stereocenters. The molecule has 0 N–H and O–H groups in total. The normalized spacial score (nSPS) is 14.3. The zero-order valence-electron chi connectivity index (χ0n) is 16.4. The summed E-state index contributed by atoms with van der Waals surface area (Å²) in [4.78, 5) is 27.3. The molecule has 0 saturated carbocycles. The third kappa shape index (κ3) is 4.42. The van der Waals surface area contributed by atoms with Crippen molar-refractivity contribution in [3.8, 4) is 5.75 Å². The van der Waals surface area contributed by atoms with E-state index in [1.165, 1.54) is 6.07 Å². The minimum atomic E-state index is -0.384. The number of anilines is 1. The number of benzene rings is 2. The van der Waals surface area contributed by atoms with Gasteiger partial charge in [0, 0.05) is 49.6 Å². The number of amides is 1. The summed E-state index contributed by atoms with van der Waals surface area (Å²) in [5.74, 6) is 0.765. The van der Waals surface area contributed by atoms with Crippen LogP contribution in [-0.2, 0) is 0 Å². The summed E-state index contributed by atoms with van der Waals surface area (Å²) >= 11 is 0. The average Bonchev–Trinajstić information content (AvgIpc) is 2.67. The van der Waals surface area contributed by atoms with Gasteiger partial charge in [0.2, 0.25) is 0 Å². The van der Waals surface area contributed by atoms with E-state index in [9.17, 15) is 14.9 Å². The highest BCUT2D eigenvalue weighted by molar-refractivity contribution is 5.94. The summed E-state index contributed by atoms with van der Waals surface area (Å²) in [5, 5.41) is 10.9. The predicted octanol–water partition coefficient (Wildman–Crippen LogP) is 3.65. The molecule has 1 aliphatic heterocycles. The molecule has 2 aromatic carbocycles. The Bertz CT molecular complexity index is 856. The van der Waals surface area contributed by atoms with Crippen LogP contribution in [0.4, 0.5) is 11.4 Å². The molecule has 0 atom stereocenters. The number of carbonyl (C=O) groups is 1. The van der Waals surface area contributed by atoms with E-state index < -0.39 is 0 Å². The lowest BCUT2D eigenvalue weighted by Crippen LogP contribution is -2.49. The van der Waals surface area contributed by atoms with Crippen LogP contribution < -0.4 is 9.64 Å². The van der Waals surface area contributed by atoms with E-state index in [1.807, 2.05) is 37.8 Å². The maximum atomic E-state index is 12.8. The second kappa shape index (κ2) is 8.29. The molecule has 0 radical (unpaired) electrons. The largest absolute Gasteiger partial charge is 0.491 e. The van der Waals surface area contributed by atoms with Crippen LogP contribution in [0.15, 0.2) is 42.5 Å². The van der Waals surface area contributed by atoms with E-state index in [4.69, 9.17) is 4.74 Å². The van der Waals surface area contributed by atoms with Gasteiger partial charge in [0.25, 0.3) is 11.6 Å². The van der Waals surface area contributed by atoms with Gasteiger partial charge in [-0.2, -0.15) is 0 Å². The topological polar surface area (TPSA) is 75.9 Å². The van der Waals surface area contributed by atoms with Gasteiger partial charge in [0.05, 0.1) is 11.0 Å². The fraction of sp³-hybridized carbons (Fsp3) is 0.381. The van der Waals surface area contributed by atoms with Crippen molar-refractivity contribution in [2.75, 3.05) is 31.1 Å². The first-order valence-corrected chi connectivity index (χ1v) is 9.41. The van der Waals surface area contributed by atoms with Crippen LogP contribution >= 0.6 is 0 Å². The zero-order valence-corrected chi connectivity index (χ0v) is 16.4. The lowest BCUT2D eigenvalue weighted by atomic mass is 10.1. The van der Waals surface area contributed by atoms with Crippen molar-refractivity contribution in [3.63, 3.8) is 0 Å². The van der Waals surface area contributed by atoms with Crippen LogP contribution in [0.3, 0.4) is 0 Å². The molecule has 7 nitrogen and oxygen atoms in total. The summed E-state index contributed by atoms with van der Waals surface area (Å²) < 4.78 is 5.62. The molecule has 28 heavy (non-hydrogen) atoms. The van der Waals surface area contributed by atoms with Crippen LogP contribution in [-0.4, -0.2) is 48.0 Å². The summed E-state index contributed by atoms with van der Waals surface area (Å²) in [5.41, 5.74) is 2.60. The number of carbonyl (C=O) groups excluding carboxylic acids is 1. The second-order valence-corrected chi connectivity index (χ2v) is 7.20. The Morgan fingerprint density at radius 2 is 1.71 bits per heavy atom. The Morgan fingerprint density at radius 3 is 2.25 bits per heavy atom. The van der Waals surface area contributed by atoms with Crippen molar-refractivity contribution >= 4 is 17.3 Å². The number of aryl methyl sites for hydroxylation is 1. The highest BCUT2D eigenvalue weighted by atomic mass is 16.6. The molecule has 0 spiro atoms. The molecule has 2 aromatic rings. The van der Waals surface area contributed by atoms with Gasteiger partial charge in [0.1, 0.15) is 5.75 Å². The SMILES string of the molecule is Cc1cc([N+](=O)[O-])ccc1N1CCN(C(=O)c2ccc(OC(C)C)cc2)CC1. The number of hydrogen-bond acceptors (Lipinski definition) is 5. The van der Waals surface area contributed by atoms with E-state index in [1.54, 1.807) is 24.3 Å². The first-order chi connectivity index (χ1) is 13.3. The Balaban J connectivity index is 1.62. The van der Waals surface area contributed by atoms with Crippen LogP contribution in [0.25, 0.3) is 0 Å². The predicted molar refractivity (Wildman–Crippen MR) is 108 cm³/mol. The quantitative estimate of drug-likeness (QED) is 0.582. The smallest absolute Gasteiger partial charge is 0.269 e. The molecule has 7 heteroatoms. The van der Waals surface area contributed by atoms with Gasteiger partial charge in [-0.1, -0.05) is 0 Å². The van der Waals surface area contributed by atoms with Gasteiger partial charge in [-0.25, -0.2) is 0 Å². The molecule has 1 saturated heterocycles. The maximum Gasteiger partial charge on any atom is 0.269 e. The third-order valence-corrected chi connectivity index (χ3v) is 4.77. The Hall–Kier alpha value is -3.09. The maximum absolute atomic E-state index is 12.8. The van der Waals surface area contributed by atoms with Crippen LogP contribution in [0, 0.1) is 17.0 Å². The number of ether oxygens (including phenoxy) is 1. The Kier molecular flexibility index (Phi) is 5.82. The molecule has 1 amide bonds. The van der Waals surface area contributed by atoms with Crippen LogP contribution in [0.1, 0.15) is 29.8 Å². The number of nitrogens with zero attached hydrogens (tertiary/aromatic N) is 3. The molecule has 1 heterocycles. The number of piperazine rings is 1. The van der Waals surface area contributed by atoms with Gasteiger partial charge in [0.15, 0.2) is 0 Å². The third-order valence-electron chi connectivity index (χ3n) is 4.77. The number of rotatable bonds is 5. The average molecular weight is 383 g/mol. The molecule has 148 valence electrons. The van der Waals surface area contributed by atoms with Gasteiger partial charge in [-0.15, -0.1) is 0 Å². The monoisotopic (exact) mass is 383 g/mol. The first kappa shape index (κ1) is 19.7. The summed E-state index contributed by atoms with van der Waals surface area (Å²) in [7, 11) is 0. The molecular formula is C21H25N3O4. The van der Waals surface area contributed by atoms with Gasteiger partial charge >= 0.3 is 0 Å². The molecule has 1 aliphatic rings. The zero-order chi connectivity index (χ0) is 20.3. The van der Waals surface area contributed by atoms with Gasteiger partial charge in [-0.05, 0) is 56.7 Å². The summed E-state index contributed by atoms with van der Waals surface area (Å²) in [6, 6.07) is 12.2. The Labute approximate surface area is 164 Å². The van der Waals surface area contributed by atoms with Crippen molar-refractivity contribution in [1.82, 2.24) is 4.90 Å². The minimum Gasteiger partial charge on any atom is -0.491 e. The standard InChI is InChI=1S/C21H25N3O4/c1-15(2)28-19-7-4-17(5-8-19)21(25)23-12-10-22(11-13-23)20-9-6-18(24(26)27)14-16(20)3/h4-9,14-15H,10-13H2,1-3H3. The van der Waals surface area contributed by atoms with Gasteiger partial charge in [-0.3, -0.25) is 14.9 Å². The molecule has 0 aromatic heterocycles. The van der Waals surface area contributed by atoms with Crippen LogP contribution in [0.2, 0.25) is 0 Å². The van der Waals surface area contributed by atoms with Crippen molar-refractivity contribution in [2.24, 2.45) is 0 Å². The first-order valence-electron chi connectivity index (χ1n) is 9.41. The van der Waals surface area contributed by atoms with E-state index in [-0.39, 0.29) is 22.6 Å². The lowest BCUT2D eigenvalue weighted by molar-refractivity contribution is -0.384. The molecule has 0 aliphatic carbocycles. The van der Waals surface area contributed by atoms with Crippen molar-refractivity contribution < 1.29 is 14.5 Å². The summed E-state index contributed by atoms with van der Waals surface area (Å²) in [6.45, 7) is 8.41. The fourth-order valence-electron chi connectivity index (χ4n) is 3.39. The van der Waals surface area contributed by atoms with Gasteiger partial charge < -0.3 is 14.5 Å². The van der Waals surface area contributed by atoms with Crippen LogP contribution in [0.5, 0.6) is 5.75 Å². The highest BCUT2D eigenvalue weighted by Crippen LogP contribution is 2.26. The van der Waals surface area contributed by atoms with E-state index in [2.05, 4.69) is 4.90 Å². The second-order valence-electron chi connectivity index (χ2n) is 7.20. The molecule has 0 bridgehead atoms. The molecule has 1 fully saturated rings. The van der Waals surface area contributed by atoms with Crippen molar-refractivity contribution in [2.45, 2.75) is 26.9 Å². The highest BCUT2D eigenvalue weighted by Gasteiger charge is 2.23. The number of nitro groups is 1. The lowest BCUT2D eigenvalue weighted by Gasteiger charge is -2.36. The minimum absolute atomic E-state index is 0.0103. The van der Waals surface area contributed by atoms with E-state index in [0.717, 1.165) is 17.0 Å². The van der Waals surface area contributed by atoms with E-state index >= 15 is 0 Å². The number of non-ortho nitro benzene ring substituents is 1. The van der Waals surface area contributed by atoms with Crippen molar-refractivity contribution in [3.05, 3.63) is 63.7 Å². The van der Waals surface area contributed by atoms with Crippen molar-refractivity contribution in [1.29, 1.82) is 0 Å². The Morgan fingerprint density at radius 1 is 1.07 bits per heavy atom. The number of hydrogen-bond donors (Lipinski definition) is 0.